The van der Waals surface area contributed by atoms with E-state index in [1.165, 1.54) is 0 Å². The standard InChI is InChI=1S/C16H23N5O2/c1-12-10-13(2)21(20-12)15-5-4-14(11-19-15)16(22)18-7-6-17-8-9-23-3/h4-5,10-11,17H,6-9H2,1-3H3,(H,18,22). The smallest absolute Gasteiger partial charge is 0.252 e. The number of carbonyl (C=O) groups excluding carboxylic acids is 1. The lowest BCUT2D eigenvalue weighted by atomic mass is 10.2. The molecule has 0 saturated heterocycles. The molecule has 7 heteroatoms. The van der Waals surface area contributed by atoms with Crippen LogP contribution in [0, 0.1) is 13.8 Å². The molecule has 0 spiro atoms. The summed E-state index contributed by atoms with van der Waals surface area (Å²) in [5.74, 6) is 0.569. The minimum absolute atomic E-state index is 0.133. The van der Waals surface area contributed by atoms with Crippen LogP contribution in [0.25, 0.3) is 5.82 Å². The molecule has 0 unspecified atom stereocenters. The molecule has 1 amide bonds. The molecule has 2 aromatic rings. The second-order valence-corrected chi connectivity index (χ2v) is 5.24. The third-order valence-corrected chi connectivity index (χ3v) is 3.31. The summed E-state index contributed by atoms with van der Waals surface area (Å²) in [6.45, 7) is 6.59. The van der Waals surface area contributed by atoms with Crippen LogP contribution in [0.1, 0.15) is 21.7 Å². The van der Waals surface area contributed by atoms with E-state index in [2.05, 4.69) is 20.7 Å². The fraction of sp³-hybridized carbons (Fsp3) is 0.438. The molecule has 0 saturated carbocycles. The molecule has 2 N–H and O–H groups in total. The summed E-state index contributed by atoms with van der Waals surface area (Å²) >= 11 is 0. The summed E-state index contributed by atoms with van der Waals surface area (Å²) in [6, 6.07) is 5.54. The van der Waals surface area contributed by atoms with Crippen molar-refractivity contribution in [3.63, 3.8) is 0 Å². The average molecular weight is 317 g/mol. The highest BCUT2D eigenvalue weighted by atomic mass is 16.5. The molecule has 0 fully saturated rings. The van der Waals surface area contributed by atoms with Crippen molar-refractivity contribution in [2.75, 3.05) is 33.4 Å². The quantitative estimate of drug-likeness (QED) is 0.706. The highest BCUT2D eigenvalue weighted by Crippen LogP contribution is 2.10. The van der Waals surface area contributed by atoms with Crippen molar-refractivity contribution < 1.29 is 9.53 Å². The molecule has 0 aromatic carbocycles. The molecule has 0 bridgehead atoms. The molecular formula is C16H23N5O2. The topological polar surface area (TPSA) is 81.1 Å². The second kappa shape index (κ2) is 8.40. The molecule has 23 heavy (non-hydrogen) atoms. The van der Waals surface area contributed by atoms with Gasteiger partial charge in [-0.05, 0) is 32.0 Å². The van der Waals surface area contributed by atoms with E-state index < -0.39 is 0 Å². The number of nitrogens with one attached hydrogen (secondary N) is 2. The maximum Gasteiger partial charge on any atom is 0.252 e. The lowest BCUT2D eigenvalue weighted by Gasteiger charge is -2.07. The number of rotatable bonds is 8. The summed E-state index contributed by atoms with van der Waals surface area (Å²) in [5.41, 5.74) is 2.48. The number of ether oxygens (including phenoxy) is 1. The first kappa shape index (κ1) is 17.1. The molecular weight excluding hydrogens is 294 g/mol. The van der Waals surface area contributed by atoms with Gasteiger partial charge < -0.3 is 15.4 Å². The highest BCUT2D eigenvalue weighted by Gasteiger charge is 2.08. The van der Waals surface area contributed by atoms with Crippen LogP contribution in [-0.2, 0) is 4.74 Å². The maximum atomic E-state index is 12.0. The number of hydrogen-bond acceptors (Lipinski definition) is 5. The Labute approximate surface area is 136 Å². The van der Waals surface area contributed by atoms with Gasteiger partial charge in [0.25, 0.3) is 5.91 Å². The van der Waals surface area contributed by atoms with Gasteiger partial charge in [-0.25, -0.2) is 9.67 Å². The number of carbonyl (C=O) groups is 1. The van der Waals surface area contributed by atoms with Gasteiger partial charge in [0.1, 0.15) is 0 Å². The van der Waals surface area contributed by atoms with Crippen LogP contribution < -0.4 is 10.6 Å². The van der Waals surface area contributed by atoms with Crippen molar-refractivity contribution >= 4 is 5.91 Å². The van der Waals surface area contributed by atoms with Crippen molar-refractivity contribution in [3.05, 3.63) is 41.3 Å². The van der Waals surface area contributed by atoms with Gasteiger partial charge in [0, 0.05) is 38.6 Å². The van der Waals surface area contributed by atoms with Gasteiger partial charge in [-0.2, -0.15) is 5.10 Å². The van der Waals surface area contributed by atoms with Crippen LogP contribution in [-0.4, -0.2) is 54.0 Å². The van der Waals surface area contributed by atoms with Crippen LogP contribution in [0.4, 0.5) is 0 Å². The molecule has 0 radical (unpaired) electrons. The normalized spacial score (nSPS) is 10.7. The van der Waals surface area contributed by atoms with Gasteiger partial charge in [-0.3, -0.25) is 4.79 Å². The van der Waals surface area contributed by atoms with E-state index in [0.717, 1.165) is 17.9 Å². The molecule has 124 valence electrons. The number of amides is 1. The minimum atomic E-state index is -0.133. The van der Waals surface area contributed by atoms with Gasteiger partial charge in [-0.1, -0.05) is 0 Å². The molecule has 0 aliphatic heterocycles. The van der Waals surface area contributed by atoms with E-state index in [1.807, 2.05) is 19.9 Å². The Kier molecular flexibility index (Phi) is 6.25. The summed E-state index contributed by atoms with van der Waals surface area (Å²) in [6.07, 6.45) is 1.57. The molecule has 0 aliphatic carbocycles. The van der Waals surface area contributed by atoms with Crippen LogP contribution in [0.2, 0.25) is 0 Å². The lowest BCUT2D eigenvalue weighted by molar-refractivity contribution is 0.0953. The maximum absolute atomic E-state index is 12.0. The van der Waals surface area contributed by atoms with Gasteiger partial charge in [0.15, 0.2) is 5.82 Å². The first-order valence-corrected chi connectivity index (χ1v) is 7.59. The van der Waals surface area contributed by atoms with Gasteiger partial charge >= 0.3 is 0 Å². The first-order chi connectivity index (χ1) is 11.1. The summed E-state index contributed by atoms with van der Waals surface area (Å²) in [5, 5.41) is 10.4. The predicted molar refractivity (Wildman–Crippen MR) is 87.9 cm³/mol. The van der Waals surface area contributed by atoms with Crippen molar-refractivity contribution in [1.82, 2.24) is 25.4 Å². The fourth-order valence-corrected chi connectivity index (χ4v) is 2.17. The Balaban J connectivity index is 1.87. The Morgan fingerprint density at radius 3 is 2.70 bits per heavy atom. The van der Waals surface area contributed by atoms with Gasteiger partial charge in [0.05, 0.1) is 17.9 Å². The summed E-state index contributed by atoms with van der Waals surface area (Å²) < 4.78 is 6.69. The molecule has 2 heterocycles. The van der Waals surface area contributed by atoms with E-state index >= 15 is 0 Å². The zero-order chi connectivity index (χ0) is 16.7. The van der Waals surface area contributed by atoms with E-state index in [9.17, 15) is 4.79 Å². The average Bonchev–Trinajstić information content (AvgIpc) is 2.89. The van der Waals surface area contributed by atoms with Gasteiger partial charge in [0.2, 0.25) is 0 Å². The number of methoxy groups -OCH3 is 1. The molecule has 2 rings (SSSR count). The Bertz CT molecular complexity index is 636. The highest BCUT2D eigenvalue weighted by molar-refractivity contribution is 5.93. The Morgan fingerprint density at radius 1 is 1.26 bits per heavy atom. The third-order valence-electron chi connectivity index (χ3n) is 3.31. The number of hydrogen-bond donors (Lipinski definition) is 2. The molecule has 0 atom stereocenters. The summed E-state index contributed by atoms with van der Waals surface area (Å²) in [4.78, 5) is 16.3. The van der Waals surface area contributed by atoms with Crippen LogP contribution in [0.15, 0.2) is 24.4 Å². The molecule has 0 aliphatic rings. The number of nitrogens with zero attached hydrogens (tertiary/aromatic N) is 3. The van der Waals surface area contributed by atoms with E-state index in [4.69, 9.17) is 4.74 Å². The molecule has 7 nitrogen and oxygen atoms in total. The number of aromatic nitrogens is 3. The van der Waals surface area contributed by atoms with E-state index in [0.29, 0.717) is 31.1 Å². The number of aryl methyl sites for hydroxylation is 2. The minimum Gasteiger partial charge on any atom is -0.383 e. The largest absolute Gasteiger partial charge is 0.383 e. The lowest BCUT2D eigenvalue weighted by Crippen LogP contribution is -2.33. The monoisotopic (exact) mass is 317 g/mol. The van der Waals surface area contributed by atoms with Crippen LogP contribution >= 0.6 is 0 Å². The van der Waals surface area contributed by atoms with Crippen LogP contribution in [0.3, 0.4) is 0 Å². The van der Waals surface area contributed by atoms with Crippen molar-refractivity contribution in [2.45, 2.75) is 13.8 Å². The number of pyridine rings is 1. The second-order valence-electron chi connectivity index (χ2n) is 5.24. The van der Waals surface area contributed by atoms with Crippen molar-refractivity contribution in [2.24, 2.45) is 0 Å². The zero-order valence-corrected chi connectivity index (χ0v) is 13.8. The third kappa shape index (κ3) is 4.87. The van der Waals surface area contributed by atoms with Crippen molar-refractivity contribution in [3.8, 4) is 5.82 Å². The van der Waals surface area contributed by atoms with Crippen LogP contribution in [0.5, 0.6) is 0 Å². The Hall–Kier alpha value is -2.25. The van der Waals surface area contributed by atoms with Gasteiger partial charge in [-0.15, -0.1) is 0 Å². The molecule has 2 aromatic heterocycles. The first-order valence-electron chi connectivity index (χ1n) is 7.59. The predicted octanol–water partition coefficient (Wildman–Crippen LogP) is 0.850. The SMILES string of the molecule is COCCNCCNC(=O)c1ccc(-n2nc(C)cc2C)nc1. The van der Waals surface area contributed by atoms with E-state index in [-0.39, 0.29) is 5.91 Å². The zero-order valence-electron chi connectivity index (χ0n) is 13.8. The Morgan fingerprint density at radius 2 is 2.09 bits per heavy atom. The summed E-state index contributed by atoms with van der Waals surface area (Å²) in [7, 11) is 1.66. The fourth-order valence-electron chi connectivity index (χ4n) is 2.17. The van der Waals surface area contributed by atoms with Crippen molar-refractivity contribution in [1.29, 1.82) is 0 Å². The van der Waals surface area contributed by atoms with E-state index in [1.54, 1.807) is 30.1 Å².